The summed E-state index contributed by atoms with van der Waals surface area (Å²) in [5, 5.41) is 11.8. The van der Waals surface area contributed by atoms with Crippen molar-refractivity contribution in [2.75, 3.05) is 26.7 Å². The molecular weight excluding hydrogens is 204 g/mol. The maximum atomic E-state index is 10.8. The third-order valence-corrected chi connectivity index (χ3v) is 3.80. The molecule has 16 heavy (non-hydrogen) atoms. The van der Waals surface area contributed by atoms with Crippen molar-refractivity contribution >= 4 is 5.97 Å². The Morgan fingerprint density at radius 3 is 2.69 bits per heavy atom. The van der Waals surface area contributed by atoms with Gasteiger partial charge >= 0.3 is 5.97 Å². The Hall–Kier alpha value is -0.610. The average Bonchev–Trinajstić information content (AvgIpc) is 2.23. The van der Waals surface area contributed by atoms with Gasteiger partial charge in [-0.25, -0.2) is 0 Å². The molecular formula is C12H24N2O2. The van der Waals surface area contributed by atoms with Gasteiger partial charge in [0, 0.05) is 13.1 Å². The van der Waals surface area contributed by atoms with E-state index in [1.807, 2.05) is 0 Å². The third-order valence-electron chi connectivity index (χ3n) is 3.80. The molecule has 1 aliphatic heterocycles. The normalized spacial score (nSPS) is 28.9. The van der Waals surface area contributed by atoms with Crippen LogP contribution in [0.2, 0.25) is 0 Å². The van der Waals surface area contributed by atoms with Crippen molar-refractivity contribution in [3.05, 3.63) is 0 Å². The van der Waals surface area contributed by atoms with E-state index in [9.17, 15) is 4.79 Å². The summed E-state index contributed by atoms with van der Waals surface area (Å²) >= 11 is 0. The highest BCUT2D eigenvalue weighted by Gasteiger charge is 2.23. The van der Waals surface area contributed by atoms with Gasteiger partial charge < -0.3 is 15.3 Å². The van der Waals surface area contributed by atoms with Gasteiger partial charge in [0.1, 0.15) is 6.04 Å². The first-order valence-corrected chi connectivity index (χ1v) is 6.17. The second-order valence-corrected chi connectivity index (χ2v) is 5.01. The first kappa shape index (κ1) is 13.5. The first-order valence-electron chi connectivity index (χ1n) is 6.17. The zero-order valence-corrected chi connectivity index (χ0v) is 10.6. The molecule has 1 heterocycles. The number of carbonyl (C=O) groups is 1. The fraction of sp³-hybridized carbons (Fsp3) is 0.917. The van der Waals surface area contributed by atoms with Gasteiger partial charge in [0.2, 0.25) is 0 Å². The molecule has 0 aromatic carbocycles. The predicted octanol–water partition coefficient (Wildman–Crippen LogP) is 1.03. The van der Waals surface area contributed by atoms with Crippen LogP contribution in [0.3, 0.4) is 0 Å². The fourth-order valence-corrected chi connectivity index (χ4v) is 2.26. The summed E-state index contributed by atoms with van der Waals surface area (Å²) in [6.45, 7) is 7.69. The summed E-state index contributed by atoms with van der Waals surface area (Å²) in [5.41, 5.74) is 0. The largest absolute Gasteiger partial charge is 0.480 e. The van der Waals surface area contributed by atoms with Crippen LogP contribution in [0.25, 0.3) is 0 Å². The number of rotatable bonds is 5. The van der Waals surface area contributed by atoms with Gasteiger partial charge in [-0.3, -0.25) is 4.79 Å². The number of hydrogen-bond donors (Lipinski definition) is 2. The maximum Gasteiger partial charge on any atom is 0.320 e. The lowest BCUT2D eigenvalue weighted by molar-refractivity contribution is -0.139. The molecule has 0 bridgehead atoms. The van der Waals surface area contributed by atoms with E-state index in [0.29, 0.717) is 6.42 Å². The molecule has 94 valence electrons. The van der Waals surface area contributed by atoms with Crippen LogP contribution < -0.4 is 5.32 Å². The van der Waals surface area contributed by atoms with Crippen molar-refractivity contribution in [1.29, 1.82) is 0 Å². The van der Waals surface area contributed by atoms with Crippen LogP contribution in [0.4, 0.5) is 0 Å². The highest BCUT2D eigenvalue weighted by atomic mass is 16.4. The minimum absolute atomic E-state index is 0.408. The number of aliphatic carboxylic acids is 1. The molecule has 3 atom stereocenters. The summed E-state index contributed by atoms with van der Waals surface area (Å²) in [7, 11) is 1.71. The number of likely N-dealkylation sites (N-methyl/N-ethyl adjacent to an activating group) is 1. The number of carboxylic acids is 1. The third kappa shape index (κ3) is 3.76. The van der Waals surface area contributed by atoms with Crippen LogP contribution in [0.1, 0.15) is 26.7 Å². The van der Waals surface area contributed by atoms with Crippen molar-refractivity contribution < 1.29 is 9.90 Å². The molecule has 4 heteroatoms. The van der Waals surface area contributed by atoms with Crippen molar-refractivity contribution in [2.45, 2.75) is 32.7 Å². The SMILES string of the molecule is CNC(CCN1CCC(C)C(C)C1)C(=O)O. The lowest BCUT2D eigenvalue weighted by Gasteiger charge is -2.35. The van der Waals surface area contributed by atoms with E-state index in [1.165, 1.54) is 6.42 Å². The average molecular weight is 228 g/mol. The minimum Gasteiger partial charge on any atom is -0.480 e. The Morgan fingerprint density at radius 1 is 1.50 bits per heavy atom. The highest BCUT2D eigenvalue weighted by molar-refractivity contribution is 5.73. The Morgan fingerprint density at radius 2 is 2.19 bits per heavy atom. The van der Waals surface area contributed by atoms with Crippen LogP contribution in [-0.2, 0) is 4.79 Å². The van der Waals surface area contributed by atoms with Crippen LogP contribution in [0.15, 0.2) is 0 Å². The van der Waals surface area contributed by atoms with Gasteiger partial charge in [-0.15, -0.1) is 0 Å². The summed E-state index contributed by atoms with van der Waals surface area (Å²) in [4.78, 5) is 13.2. The molecule has 0 radical (unpaired) electrons. The van der Waals surface area contributed by atoms with Crippen molar-refractivity contribution in [2.24, 2.45) is 11.8 Å². The molecule has 2 N–H and O–H groups in total. The number of hydrogen-bond acceptors (Lipinski definition) is 3. The first-order chi connectivity index (χ1) is 7.54. The second-order valence-electron chi connectivity index (χ2n) is 5.01. The van der Waals surface area contributed by atoms with Gasteiger partial charge in [0.25, 0.3) is 0 Å². The van der Waals surface area contributed by atoms with E-state index >= 15 is 0 Å². The number of nitrogens with one attached hydrogen (secondary N) is 1. The number of likely N-dealkylation sites (tertiary alicyclic amines) is 1. The highest BCUT2D eigenvalue weighted by Crippen LogP contribution is 2.22. The Labute approximate surface area is 98.0 Å². The van der Waals surface area contributed by atoms with Gasteiger partial charge in [0.05, 0.1) is 0 Å². The maximum absolute atomic E-state index is 10.8. The van der Waals surface area contributed by atoms with Gasteiger partial charge in [-0.1, -0.05) is 13.8 Å². The van der Waals surface area contributed by atoms with Gasteiger partial charge in [0.15, 0.2) is 0 Å². The van der Waals surface area contributed by atoms with Gasteiger partial charge in [-0.2, -0.15) is 0 Å². The number of piperidine rings is 1. The van der Waals surface area contributed by atoms with E-state index < -0.39 is 12.0 Å². The molecule has 1 saturated heterocycles. The molecule has 4 nitrogen and oxygen atoms in total. The van der Waals surface area contributed by atoms with E-state index in [-0.39, 0.29) is 0 Å². The second kappa shape index (κ2) is 6.21. The quantitative estimate of drug-likeness (QED) is 0.738. The molecule has 3 unspecified atom stereocenters. The van der Waals surface area contributed by atoms with Gasteiger partial charge in [-0.05, 0) is 38.3 Å². The molecule has 0 aromatic heterocycles. The van der Waals surface area contributed by atoms with Crippen molar-refractivity contribution in [3.8, 4) is 0 Å². The smallest absolute Gasteiger partial charge is 0.320 e. The lowest BCUT2D eigenvalue weighted by Crippen LogP contribution is -2.42. The van der Waals surface area contributed by atoms with Crippen LogP contribution in [0.5, 0.6) is 0 Å². The molecule has 0 aliphatic carbocycles. The molecule has 1 fully saturated rings. The Kier molecular flexibility index (Phi) is 5.22. The molecule has 0 amide bonds. The molecule has 1 rings (SSSR count). The topological polar surface area (TPSA) is 52.6 Å². The standard InChI is InChI=1S/C12H24N2O2/c1-9-4-6-14(8-10(9)2)7-5-11(13-3)12(15)16/h9-11,13H,4-8H2,1-3H3,(H,15,16). The number of carboxylic acid groups (broad SMARTS) is 1. The summed E-state index contributed by atoms with van der Waals surface area (Å²) in [5.74, 6) is 0.781. The summed E-state index contributed by atoms with van der Waals surface area (Å²) < 4.78 is 0. The Bertz CT molecular complexity index is 233. The summed E-state index contributed by atoms with van der Waals surface area (Å²) in [6, 6.07) is -0.408. The van der Waals surface area contributed by atoms with Crippen LogP contribution in [-0.4, -0.2) is 48.7 Å². The van der Waals surface area contributed by atoms with E-state index in [0.717, 1.165) is 31.5 Å². The Balaban J connectivity index is 2.30. The van der Waals surface area contributed by atoms with Crippen molar-refractivity contribution in [3.63, 3.8) is 0 Å². The lowest BCUT2D eigenvalue weighted by atomic mass is 9.88. The van der Waals surface area contributed by atoms with E-state index in [2.05, 4.69) is 24.1 Å². The molecule has 1 aliphatic rings. The molecule has 0 aromatic rings. The van der Waals surface area contributed by atoms with Crippen molar-refractivity contribution in [1.82, 2.24) is 10.2 Å². The number of nitrogens with zero attached hydrogens (tertiary/aromatic N) is 1. The monoisotopic (exact) mass is 228 g/mol. The van der Waals surface area contributed by atoms with Crippen LogP contribution >= 0.6 is 0 Å². The fourth-order valence-electron chi connectivity index (χ4n) is 2.26. The molecule has 0 spiro atoms. The van der Waals surface area contributed by atoms with Crippen LogP contribution in [0, 0.1) is 11.8 Å². The van der Waals surface area contributed by atoms with E-state index in [1.54, 1.807) is 7.05 Å². The molecule has 0 saturated carbocycles. The minimum atomic E-state index is -0.749. The van der Waals surface area contributed by atoms with E-state index in [4.69, 9.17) is 5.11 Å². The zero-order valence-electron chi connectivity index (χ0n) is 10.6. The predicted molar refractivity (Wildman–Crippen MR) is 64.5 cm³/mol. The summed E-state index contributed by atoms with van der Waals surface area (Å²) in [6.07, 6.45) is 1.92. The zero-order chi connectivity index (χ0) is 12.1.